The second kappa shape index (κ2) is 6.32. The number of carbonyl (C=O) groups is 1. The molecular weight excluding hydrogens is 274 g/mol. The van der Waals surface area contributed by atoms with E-state index in [0.29, 0.717) is 25.9 Å². The highest BCUT2D eigenvalue weighted by Gasteiger charge is 2.24. The number of rotatable bonds is 4. The first-order valence-electron chi connectivity index (χ1n) is 7.16. The molecule has 6 heteroatoms. The van der Waals surface area contributed by atoms with Crippen LogP contribution in [-0.2, 0) is 16.0 Å². The number of ether oxygens (including phenoxy) is 3. The van der Waals surface area contributed by atoms with E-state index in [-0.39, 0.29) is 25.3 Å². The topological polar surface area (TPSA) is 77.0 Å². The summed E-state index contributed by atoms with van der Waals surface area (Å²) in [5.74, 6) is 1.42. The standard InChI is InChI=1S/C15H19NO5/c17-12-8-19-6-5-11(12)16-15(18)4-2-10-1-3-13-14(7-10)21-9-20-13/h1,3,7,11-12,17H,2,4-6,8-9H2,(H,16,18)/t11-,12-/m1/s1. The number of nitrogens with one attached hydrogen (secondary N) is 1. The Bertz CT molecular complexity index is 519. The molecule has 1 aromatic rings. The Kier molecular flexibility index (Phi) is 4.26. The summed E-state index contributed by atoms with van der Waals surface area (Å²) in [6.07, 6.45) is 1.04. The molecule has 21 heavy (non-hydrogen) atoms. The molecule has 6 nitrogen and oxygen atoms in total. The van der Waals surface area contributed by atoms with Crippen LogP contribution in [0, 0.1) is 0 Å². The fourth-order valence-electron chi connectivity index (χ4n) is 2.52. The molecule has 0 unspecified atom stereocenters. The van der Waals surface area contributed by atoms with Gasteiger partial charge in [-0.15, -0.1) is 0 Å². The molecule has 2 atom stereocenters. The lowest BCUT2D eigenvalue weighted by atomic mass is 10.0. The first-order chi connectivity index (χ1) is 10.2. The van der Waals surface area contributed by atoms with Gasteiger partial charge in [0.05, 0.1) is 18.8 Å². The van der Waals surface area contributed by atoms with Crippen LogP contribution < -0.4 is 14.8 Å². The van der Waals surface area contributed by atoms with Crippen molar-refractivity contribution in [2.24, 2.45) is 0 Å². The Hall–Kier alpha value is -1.79. The summed E-state index contributed by atoms with van der Waals surface area (Å²) in [7, 11) is 0. The normalized spacial score (nSPS) is 23.9. The zero-order chi connectivity index (χ0) is 14.7. The van der Waals surface area contributed by atoms with Crippen molar-refractivity contribution in [3.05, 3.63) is 23.8 Å². The third-order valence-corrected chi connectivity index (χ3v) is 3.75. The molecule has 1 amide bonds. The molecule has 114 valence electrons. The molecule has 0 spiro atoms. The first-order valence-corrected chi connectivity index (χ1v) is 7.16. The molecule has 3 rings (SSSR count). The van der Waals surface area contributed by atoms with E-state index < -0.39 is 6.10 Å². The lowest BCUT2D eigenvalue weighted by Gasteiger charge is -2.28. The summed E-state index contributed by atoms with van der Waals surface area (Å²) in [4.78, 5) is 11.9. The van der Waals surface area contributed by atoms with Crippen molar-refractivity contribution in [2.75, 3.05) is 20.0 Å². The van der Waals surface area contributed by atoms with Gasteiger partial charge in [-0.05, 0) is 30.5 Å². The van der Waals surface area contributed by atoms with Crippen molar-refractivity contribution in [1.82, 2.24) is 5.32 Å². The molecule has 1 saturated heterocycles. The van der Waals surface area contributed by atoms with Crippen LogP contribution in [0.25, 0.3) is 0 Å². The Labute approximate surface area is 123 Å². The molecule has 2 aliphatic heterocycles. The summed E-state index contributed by atoms with van der Waals surface area (Å²) < 4.78 is 15.7. The molecule has 2 heterocycles. The van der Waals surface area contributed by atoms with Gasteiger partial charge in [0, 0.05) is 13.0 Å². The van der Waals surface area contributed by atoms with Crippen LogP contribution in [0.2, 0.25) is 0 Å². The van der Waals surface area contributed by atoms with Crippen molar-refractivity contribution in [3.63, 3.8) is 0 Å². The van der Waals surface area contributed by atoms with Gasteiger partial charge in [-0.1, -0.05) is 6.07 Å². The quantitative estimate of drug-likeness (QED) is 0.851. The molecule has 0 aliphatic carbocycles. The number of aliphatic hydroxyl groups is 1. The van der Waals surface area contributed by atoms with E-state index in [1.807, 2.05) is 18.2 Å². The van der Waals surface area contributed by atoms with Gasteiger partial charge in [-0.3, -0.25) is 4.79 Å². The third-order valence-electron chi connectivity index (χ3n) is 3.75. The number of benzene rings is 1. The predicted octanol–water partition coefficient (Wildman–Crippen LogP) is 0.614. The van der Waals surface area contributed by atoms with Crippen molar-refractivity contribution in [1.29, 1.82) is 0 Å². The summed E-state index contributed by atoms with van der Waals surface area (Å²) in [6, 6.07) is 5.49. The SMILES string of the molecule is O=C(CCc1ccc2c(c1)OCO2)N[C@@H]1CCOC[C@H]1O. The van der Waals surface area contributed by atoms with Gasteiger partial charge in [0.1, 0.15) is 0 Å². The lowest BCUT2D eigenvalue weighted by Crippen LogP contribution is -2.48. The largest absolute Gasteiger partial charge is 0.454 e. The van der Waals surface area contributed by atoms with E-state index in [2.05, 4.69) is 5.32 Å². The van der Waals surface area contributed by atoms with E-state index in [4.69, 9.17) is 14.2 Å². The van der Waals surface area contributed by atoms with Gasteiger partial charge < -0.3 is 24.6 Å². The highest BCUT2D eigenvalue weighted by atomic mass is 16.7. The number of fused-ring (bicyclic) bond motifs is 1. The molecule has 2 aliphatic rings. The average molecular weight is 293 g/mol. The van der Waals surface area contributed by atoms with Crippen molar-refractivity contribution in [2.45, 2.75) is 31.4 Å². The molecule has 0 aromatic heterocycles. The predicted molar refractivity (Wildman–Crippen MR) is 74.3 cm³/mol. The Morgan fingerprint density at radius 2 is 2.19 bits per heavy atom. The minimum Gasteiger partial charge on any atom is -0.454 e. The fraction of sp³-hybridized carbons (Fsp3) is 0.533. The number of hydrogen-bond acceptors (Lipinski definition) is 5. The van der Waals surface area contributed by atoms with E-state index in [9.17, 15) is 9.90 Å². The fourth-order valence-corrected chi connectivity index (χ4v) is 2.52. The molecule has 1 aromatic carbocycles. The van der Waals surface area contributed by atoms with E-state index >= 15 is 0 Å². The average Bonchev–Trinajstić information content (AvgIpc) is 2.95. The van der Waals surface area contributed by atoms with Gasteiger partial charge in [0.2, 0.25) is 12.7 Å². The highest BCUT2D eigenvalue weighted by Crippen LogP contribution is 2.32. The minimum atomic E-state index is -0.617. The second-order valence-electron chi connectivity index (χ2n) is 5.29. The maximum absolute atomic E-state index is 11.9. The van der Waals surface area contributed by atoms with Crippen LogP contribution in [-0.4, -0.2) is 43.2 Å². The third kappa shape index (κ3) is 3.46. The van der Waals surface area contributed by atoms with Gasteiger partial charge in [0.25, 0.3) is 0 Å². The van der Waals surface area contributed by atoms with Crippen LogP contribution in [0.4, 0.5) is 0 Å². The number of carbonyl (C=O) groups excluding carboxylic acids is 1. The van der Waals surface area contributed by atoms with Crippen LogP contribution in [0.5, 0.6) is 11.5 Å². The second-order valence-corrected chi connectivity index (χ2v) is 5.29. The molecular formula is C15H19NO5. The monoisotopic (exact) mass is 293 g/mol. The number of aryl methyl sites for hydroxylation is 1. The zero-order valence-corrected chi connectivity index (χ0v) is 11.7. The van der Waals surface area contributed by atoms with E-state index in [1.165, 1.54) is 0 Å². The minimum absolute atomic E-state index is 0.0568. The van der Waals surface area contributed by atoms with Crippen LogP contribution in [0.3, 0.4) is 0 Å². The summed E-state index contributed by atoms with van der Waals surface area (Å²) >= 11 is 0. The zero-order valence-electron chi connectivity index (χ0n) is 11.7. The van der Waals surface area contributed by atoms with E-state index in [1.54, 1.807) is 0 Å². The molecule has 1 fully saturated rings. The van der Waals surface area contributed by atoms with E-state index in [0.717, 1.165) is 17.1 Å². The van der Waals surface area contributed by atoms with Crippen molar-refractivity contribution >= 4 is 5.91 Å². The Morgan fingerprint density at radius 3 is 3.05 bits per heavy atom. The van der Waals surface area contributed by atoms with Crippen LogP contribution >= 0.6 is 0 Å². The number of hydrogen-bond donors (Lipinski definition) is 2. The van der Waals surface area contributed by atoms with Crippen molar-refractivity contribution in [3.8, 4) is 11.5 Å². The van der Waals surface area contributed by atoms with Crippen molar-refractivity contribution < 1.29 is 24.1 Å². The van der Waals surface area contributed by atoms with Gasteiger partial charge in [-0.25, -0.2) is 0 Å². The number of amides is 1. The summed E-state index contributed by atoms with van der Waals surface area (Å²) in [6.45, 7) is 1.11. The Balaban J connectivity index is 1.49. The van der Waals surface area contributed by atoms with Crippen LogP contribution in [0.1, 0.15) is 18.4 Å². The molecule has 0 bridgehead atoms. The molecule has 0 radical (unpaired) electrons. The van der Waals surface area contributed by atoms with Gasteiger partial charge in [0.15, 0.2) is 11.5 Å². The molecule has 2 N–H and O–H groups in total. The van der Waals surface area contributed by atoms with Gasteiger partial charge >= 0.3 is 0 Å². The maximum atomic E-state index is 11.9. The maximum Gasteiger partial charge on any atom is 0.231 e. The number of aliphatic hydroxyl groups excluding tert-OH is 1. The lowest BCUT2D eigenvalue weighted by molar-refractivity contribution is -0.124. The van der Waals surface area contributed by atoms with Crippen LogP contribution in [0.15, 0.2) is 18.2 Å². The highest BCUT2D eigenvalue weighted by molar-refractivity contribution is 5.76. The smallest absolute Gasteiger partial charge is 0.231 e. The van der Waals surface area contributed by atoms with Gasteiger partial charge in [-0.2, -0.15) is 0 Å². The summed E-state index contributed by atoms with van der Waals surface area (Å²) in [5.41, 5.74) is 1.03. The summed E-state index contributed by atoms with van der Waals surface area (Å²) in [5, 5.41) is 12.6. The Morgan fingerprint density at radius 1 is 1.33 bits per heavy atom. The first kappa shape index (κ1) is 14.2. The molecule has 0 saturated carbocycles.